The summed E-state index contributed by atoms with van der Waals surface area (Å²) in [5, 5.41) is 20.5. The molecule has 0 heterocycles. The van der Waals surface area contributed by atoms with E-state index >= 15 is 0 Å². The van der Waals surface area contributed by atoms with Gasteiger partial charge in [-0.2, -0.15) is 5.26 Å². The van der Waals surface area contributed by atoms with Gasteiger partial charge in [-0.15, -0.1) is 0 Å². The Bertz CT molecular complexity index is 569. The summed E-state index contributed by atoms with van der Waals surface area (Å²) in [4.78, 5) is 15.2. The van der Waals surface area contributed by atoms with Crippen molar-refractivity contribution in [3.63, 3.8) is 0 Å². The molecule has 19 heavy (non-hydrogen) atoms. The highest BCUT2D eigenvalue weighted by molar-refractivity contribution is 8.13. The van der Waals surface area contributed by atoms with E-state index in [9.17, 15) is 14.3 Å². The minimum Gasteiger partial charge on any atom is -0.506 e. The third-order valence-corrected chi connectivity index (χ3v) is 2.63. The number of carbonyl (C=O) groups is 1. The van der Waals surface area contributed by atoms with Crippen molar-refractivity contribution in [2.45, 2.75) is 0 Å². The predicted molar refractivity (Wildman–Crippen MR) is 68.8 cm³/mol. The molecular formula is C11H10FN3O3S. The van der Waals surface area contributed by atoms with Crippen LogP contribution in [0.2, 0.25) is 0 Å². The number of aromatic hydroxyl groups is 1. The van der Waals surface area contributed by atoms with E-state index in [4.69, 9.17) is 5.26 Å². The first-order chi connectivity index (χ1) is 9.03. The third-order valence-electron chi connectivity index (χ3n) is 2.05. The van der Waals surface area contributed by atoms with Crippen molar-refractivity contribution < 1.29 is 19.0 Å². The minimum atomic E-state index is -0.915. The molecule has 0 aliphatic rings. The van der Waals surface area contributed by atoms with Crippen LogP contribution in [0.25, 0.3) is 0 Å². The number of methoxy groups -OCH3 is 1. The van der Waals surface area contributed by atoms with Crippen LogP contribution in [0.3, 0.4) is 0 Å². The van der Waals surface area contributed by atoms with Gasteiger partial charge in [0.15, 0.2) is 11.4 Å². The average molecular weight is 283 g/mol. The number of esters is 1. The Labute approximate surface area is 112 Å². The van der Waals surface area contributed by atoms with Crippen LogP contribution in [0, 0.1) is 17.3 Å². The van der Waals surface area contributed by atoms with Crippen LogP contribution in [0.5, 0.6) is 5.75 Å². The highest BCUT2D eigenvalue weighted by Gasteiger charge is 2.16. The summed E-state index contributed by atoms with van der Waals surface area (Å²) in [5.41, 5.74) is -0.398. The molecule has 0 aliphatic carbocycles. The summed E-state index contributed by atoms with van der Waals surface area (Å²) < 4.78 is 17.9. The fourth-order valence-corrected chi connectivity index (χ4v) is 1.53. The Hall–Kier alpha value is -2.27. The molecule has 0 saturated heterocycles. The van der Waals surface area contributed by atoms with Crippen molar-refractivity contribution in [2.24, 2.45) is 4.99 Å². The van der Waals surface area contributed by atoms with E-state index in [1.54, 1.807) is 12.4 Å². The number of ether oxygens (including phenoxy) is 1. The van der Waals surface area contributed by atoms with Gasteiger partial charge in [-0.1, -0.05) is 11.8 Å². The Balaban J connectivity index is 3.29. The van der Waals surface area contributed by atoms with Crippen molar-refractivity contribution in [1.29, 1.82) is 5.26 Å². The number of amidine groups is 1. The lowest BCUT2D eigenvalue weighted by Crippen LogP contribution is -2.12. The topological polar surface area (TPSA) is 94.7 Å². The lowest BCUT2D eigenvalue weighted by atomic mass is 10.1. The van der Waals surface area contributed by atoms with Crippen molar-refractivity contribution in [1.82, 2.24) is 5.32 Å². The number of nitrogens with one attached hydrogen (secondary N) is 1. The van der Waals surface area contributed by atoms with Gasteiger partial charge in [0.05, 0.1) is 12.7 Å². The zero-order valence-electron chi connectivity index (χ0n) is 10.1. The molecule has 0 spiro atoms. The number of thioether (sulfide) groups is 1. The summed E-state index contributed by atoms with van der Waals surface area (Å²) in [5.74, 6) is -2.24. The summed E-state index contributed by atoms with van der Waals surface area (Å²) in [7, 11) is 1.11. The Kier molecular flexibility index (Phi) is 5.14. The number of benzene rings is 1. The van der Waals surface area contributed by atoms with Crippen molar-refractivity contribution in [3.05, 3.63) is 23.5 Å². The molecule has 0 amide bonds. The molecule has 2 N–H and O–H groups in total. The summed E-state index contributed by atoms with van der Waals surface area (Å²) in [6, 6.07) is 1.81. The van der Waals surface area contributed by atoms with Gasteiger partial charge in [-0.25, -0.2) is 14.2 Å². The molecule has 0 radical (unpaired) electrons. The first-order valence-electron chi connectivity index (χ1n) is 4.92. The SMILES string of the molecule is COC(=O)c1cc(N=C(NC#N)SC)c(O)cc1F. The van der Waals surface area contributed by atoms with Gasteiger partial charge in [0.1, 0.15) is 17.3 Å². The van der Waals surface area contributed by atoms with E-state index in [0.29, 0.717) is 0 Å². The highest BCUT2D eigenvalue weighted by atomic mass is 32.2. The summed E-state index contributed by atoms with van der Waals surface area (Å²) in [6.07, 6.45) is 3.33. The van der Waals surface area contributed by atoms with Crippen molar-refractivity contribution in [2.75, 3.05) is 13.4 Å². The maximum absolute atomic E-state index is 13.5. The van der Waals surface area contributed by atoms with Gasteiger partial charge in [0, 0.05) is 6.07 Å². The number of halogens is 1. The number of hydrogen-bond donors (Lipinski definition) is 2. The Morgan fingerprint density at radius 3 is 2.84 bits per heavy atom. The van der Waals surface area contributed by atoms with Crippen LogP contribution in [-0.2, 0) is 4.74 Å². The van der Waals surface area contributed by atoms with Crippen molar-refractivity contribution in [3.8, 4) is 11.9 Å². The monoisotopic (exact) mass is 283 g/mol. The first kappa shape index (κ1) is 14.8. The van der Waals surface area contributed by atoms with Gasteiger partial charge in [-0.05, 0) is 12.3 Å². The molecule has 0 bridgehead atoms. The molecule has 1 aromatic carbocycles. The second-order valence-corrected chi connectivity index (χ2v) is 3.97. The average Bonchev–Trinajstić information content (AvgIpc) is 2.40. The molecule has 0 fully saturated rings. The number of rotatable bonds is 2. The maximum Gasteiger partial charge on any atom is 0.340 e. The van der Waals surface area contributed by atoms with Gasteiger partial charge >= 0.3 is 5.97 Å². The smallest absolute Gasteiger partial charge is 0.340 e. The fourth-order valence-electron chi connectivity index (χ4n) is 1.19. The zero-order chi connectivity index (χ0) is 14.4. The zero-order valence-corrected chi connectivity index (χ0v) is 10.9. The molecule has 8 heteroatoms. The third kappa shape index (κ3) is 3.59. The number of hydrogen-bond acceptors (Lipinski definition) is 6. The molecule has 1 aromatic rings. The van der Waals surface area contributed by atoms with Gasteiger partial charge in [-0.3, -0.25) is 5.32 Å². The lowest BCUT2D eigenvalue weighted by Gasteiger charge is -2.06. The molecule has 6 nitrogen and oxygen atoms in total. The molecule has 0 aromatic heterocycles. The molecule has 0 saturated carbocycles. The minimum absolute atomic E-state index is 0.0473. The largest absolute Gasteiger partial charge is 0.506 e. The quantitative estimate of drug-likeness (QED) is 0.282. The highest BCUT2D eigenvalue weighted by Crippen LogP contribution is 2.30. The van der Waals surface area contributed by atoms with Crippen LogP contribution in [0.15, 0.2) is 17.1 Å². The molecule has 100 valence electrons. The number of nitrogens with zero attached hydrogens (tertiary/aromatic N) is 2. The van der Waals surface area contributed by atoms with Crippen LogP contribution in [-0.4, -0.2) is 29.6 Å². The Morgan fingerprint density at radius 1 is 1.63 bits per heavy atom. The molecular weight excluding hydrogens is 273 g/mol. The first-order valence-corrected chi connectivity index (χ1v) is 6.14. The lowest BCUT2D eigenvalue weighted by molar-refractivity contribution is 0.0595. The van der Waals surface area contributed by atoms with Crippen LogP contribution in [0.4, 0.5) is 10.1 Å². The van der Waals surface area contributed by atoms with Gasteiger partial charge in [0.2, 0.25) is 0 Å². The Morgan fingerprint density at radius 2 is 2.32 bits per heavy atom. The van der Waals surface area contributed by atoms with E-state index < -0.39 is 17.5 Å². The van der Waals surface area contributed by atoms with E-state index in [2.05, 4.69) is 15.0 Å². The molecule has 1 rings (SSSR count). The normalized spacial score (nSPS) is 10.7. The second-order valence-electron chi connectivity index (χ2n) is 3.17. The summed E-state index contributed by atoms with van der Waals surface area (Å²) in [6.45, 7) is 0. The number of phenolic OH excluding ortho intramolecular Hbond substituents is 1. The predicted octanol–water partition coefficient (Wildman–Crippen LogP) is 1.74. The van der Waals surface area contributed by atoms with Gasteiger partial charge < -0.3 is 9.84 Å². The second kappa shape index (κ2) is 6.61. The number of carbonyl (C=O) groups excluding carboxylic acids is 1. The van der Waals surface area contributed by atoms with E-state index in [-0.39, 0.29) is 16.4 Å². The summed E-state index contributed by atoms with van der Waals surface area (Å²) >= 11 is 1.12. The van der Waals surface area contributed by atoms with E-state index in [0.717, 1.165) is 31.0 Å². The fraction of sp³-hybridized carbons (Fsp3) is 0.182. The van der Waals surface area contributed by atoms with E-state index in [1.165, 1.54) is 0 Å². The van der Waals surface area contributed by atoms with Crippen LogP contribution < -0.4 is 5.32 Å². The standard InChI is InChI=1S/C11H10FN3O3S/c1-18-10(17)6-3-8(9(16)4-7(6)12)15-11(19-2)14-5-13/h3-4,16H,1-2H3,(H,14,15). The number of aliphatic imine (C=N–C) groups is 1. The van der Waals surface area contributed by atoms with Crippen LogP contribution >= 0.6 is 11.8 Å². The maximum atomic E-state index is 13.5. The number of nitriles is 1. The van der Waals surface area contributed by atoms with E-state index in [1.807, 2.05) is 0 Å². The number of phenols is 1. The van der Waals surface area contributed by atoms with Crippen molar-refractivity contribution >= 4 is 28.6 Å². The van der Waals surface area contributed by atoms with Crippen LogP contribution in [0.1, 0.15) is 10.4 Å². The van der Waals surface area contributed by atoms with Gasteiger partial charge in [0.25, 0.3) is 0 Å². The molecule has 0 aliphatic heterocycles. The molecule has 0 atom stereocenters. The molecule has 0 unspecified atom stereocenters.